The Kier molecular flexibility index (Phi) is 7.19. The first-order valence-corrected chi connectivity index (χ1v) is 5.91. The lowest BCUT2D eigenvalue weighted by molar-refractivity contribution is -0.132. The first-order chi connectivity index (χ1) is 7.90. The van der Waals surface area contributed by atoms with Gasteiger partial charge < -0.3 is 5.11 Å². The van der Waals surface area contributed by atoms with Crippen LogP contribution in [0.25, 0.3) is 0 Å². The van der Waals surface area contributed by atoms with Crippen molar-refractivity contribution in [3.63, 3.8) is 0 Å². The van der Waals surface area contributed by atoms with E-state index < -0.39 is 5.97 Å². The summed E-state index contributed by atoms with van der Waals surface area (Å²) < 4.78 is 0. The summed E-state index contributed by atoms with van der Waals surface area (Å²) in [5.41, 5.74) is 3.23. The third kappa shape index (κ3) is 6.05. The Bertz CT molecular complexity index is 340. The maximum atomic E-state index is 10.9. The summed E-state index contributed by atoms with van der Waals surface area (Å²) in [6, 6.07) is 0. The van der Waals surface area contributed by atoms with E-state index in [2.05, 4.69) is 0 Å². The van der Waals surface area contributed by atoms with E-state index >= 15 is 0 Å². The van der Waals surface area contributed by atoms with E-state index in [-0.39, 0.29) is 0 Å². The lowest BCUT2D eigenvalue weighted by Gasteiger charge is -2.06. The van der Waals surface area contributed by atoms with Gasteiger partial charge in [0.25, 0.3) is 0 Å². The third-order valence-corrected chi connectivity index (χ3v) is 2.77. The molecule has 3 heteroatoms. The molecule has 0 amide bonds. The van der Waals surface area contributed by atoms with E-state index in [1.54, 1.807) is 0 Å². The standard InChI is InChI=1S/C14H22O3/c1-10(2)12(9-15)7-5-6-8-13(11(3)4)14(16)17/h9H,5-8H2,1-4H3,(H,16,17). The molecule has 1 N–H and O–H groups in total. The number of aliphatic carboxylic acids is 1. The molecule has 0 aromatic heterocycles. The summed E-state index contributed by atoms with van der Waals surface area (Å²) >= 11 is 0. The largest absolute Gasteiger partial charge is 0.478 e. The van der Waals surface area contributed by atoms with Gasteiger partial charge in [0.1, 0.15) is 6.29 Å². The quantitative estimate of drug-likeness (QED) is 0.419. The number of rotatable bonds is 7. The molecule has 0 bridgehead atoms. The lowest BCUT2D eigenvalue weighted by Crippen LogP contribution is -2.02. The summed E-state index contributed by atoms with van der Waals surface area (Å²) in [6.45, 7) is 7.47. The fourth-order valence-electron chi connectivity index (χ4n) is 1.61. The fourth-order valence-corrected chi connectivity index (χ4v) is 1.61. The Balaban J connectivity index is 4.18. The summed E-state index contributed by atoms with van der Waals surface area (Å²) in [7, 11) is 0. The van der Waals surface area contributed by atoms with Gasteiger partial charge in [0, 0.05) is 5.57 Å². The molecule has 0 saturated heterocycles. The van der Waals surface area contributed by atoms with Gasteiger partial charge in [0.2, 0.25) is 0 Å². The number of carboxylic acid groups (broad SMARTS) is 1. The van der Waals surface area contributed by atoms with Crippen LogP contribution in [-0.2, 0) is 9.59 Å². The van der Waals surface area contributed by atoms with Crippen molar-refractivity contribution in [3.8, 4) is 0 Å². The monoisotopic (exact) mass is 238 g/mol. The minimum Gasteiger partial charge on any atom is -0.478 e. The molecule has 96 valence electrons. The Morgan fingerprint density at radius 1 is 1.00 bits per heavy atom. The molecule has 3 nitrogen and oxygen atoms in total. The molecule has 0 fully saturated rings. The van der Waals surface area contributed by atoms with Gasteiger partial charge in [-0.25, -0.2) is 4.79 Å². The van der Waals surface area contributed by atoms with E-state index in [0.717, 1.165) is 42.3 Å². The van der Waals surface area contributed by atoms with Crippen LogP contribution >= 0.6 is 0 Å². The van der Waals surface area contributed by atoms with Crippen LogP contribution in [0.3, 0.4) is 0 Å². The Labute approximate surface area is 103 Å². The van der Waals surface area contributed by atoms with Crippen molar-refractivity contribution in [3.05, 3.63) is 22.3 Å². The molecule has 0 rings (SSSR count). The topological polar surface area (TPSA) is 54.4 Å². The van der Waals surface area contributed by atoms with Crippen LogP contribution in [0.2, 0.25) is 0 Å². The van der Waals surface area contributed by atoms with Crippen LogP contribution in [0.4, 0.5) is 0 Å². The maximum Gasteiger partial charge on any atom is 0.331 e. The normalized spacial score (nSPS) is 9.65. The van der Waals surface area contributed by atoms with Crippen LogP contribution in [-0.4, -0.2) is 17.4 Å². The van der Waals surface area contributed by atoms with Crippen molar-refractivity contribution < 1.29 is 14.7 Å². The van der Waals surface area contributed by atoms with Crippen molar-refractivity contribution in [2.24, 2.45) is 0 Å². The molecule has 0 aliphatic carbocycles. The van der Waals surface area contributed by atoms with Crippen molar-refractivity contribution in [1.29, 1.82) is 0 Å². The Morgan fingerprint density at radius 3 is 1.88 bits per heavy atom. The molecule has 0 spiro atoms. The average Bonchev–Trinajstić information content (AvgIpc) is 2.21. The van der Waals surface area contributed by atoms with Gasteiger partial charge in [-0.05, 0) is 59.0 Å². The predicted octanol–water partition coefficient (Wildman–Crippen LogP) is 3.50. The summed E-state index contributed by atoms with van der Waals surface area (Å²) in [5, 5.41) is 8.96. The minimum absolute atomic E-state index is 0.495. The van der Waals surface area contributed by atoms with Crippen molar-refractivity contribution in [2.45, 2.75) is 53.4 Å². The van der Waals surface area contributed by atoms with E-state index in [4.69, 9.17) is 5.11 Å². The molecule has 0 atom stereocenters. The SMILES string of the molecule is CC(C)=C(C=O)CCCCC(C(=O)O)=C(C)C. The molecule has 0 radical (unpaired) electrons. The van der Waals surface area contributed by atoms with Gasteiger partial charge in [-0.1, -0.05) is 11.1 Å². The second-order valence-electron chi connectivity index (χ2n) is 4.63. The molecule has 0 unspecified atom stereocenters. The predicted molar refractivity (Wildman–Crippen MR) is 68.9 cm³/mol. The smallest absolute Gasteiger partial charge is 0.331 e. The highest BCUT2D eigenvalue weighted by Crippen LogP contribution is 2.16. The number of allylic oxidation sites excluding steroid dienone is 3. The number of hydrogen-bond acceptors (Lipinski definition) is 2. The highest BCUT2D eigenvalue weighted by Gasteiger charge is 2.08. The molecule has 0 heterocycles. The first kappa shape index (κ1) is 15.6. The minimum atomic E-state index is -0.831. The zero-order valence-electron chi connectivity index (χ0n) is 11.2. The van der Waals surface area contributed by atoms with Gasteiger partial charge in [-0.3, -0.25) is 4.79 Å². The Hall–Kier alpha value is -1.38. The molecular weight excluding hydrogens is 216 g/mol. The molecular formula is C14H22O3. The second kappa shape index (κ2) is 7.82. The van der Waals surface area contributed by atoms with Gasteiger partial charge in [0.05, 0.1) is 0 Å². The summed E-state index contributed by atoms with van der Waals surface area (Å²) in [5.74, 6) is -0.831. The molecule has 17 heavy (non-hydrogen) atoms. The summed E-state index contributed by atoms with van der Waals surface area (Å²) in [6.07, 6.45) is 3.86. The zero-order valence-corrected chi connectivity index (χ0v) is 11.2. The molecule has 0 aliphatic heterocycles. The van der Waals surface area contributed by atoms with Crippen LogP contribution in [0, 0.1) is 0 Å². The maximum absolute atomic E-state index is 10.9. The van der Waals surface area contributed by atoms with Crippen molar-refractivity contribution in [1.82, 2.24) is 0 Å². The highest BCUT2D eigenvalue weighted by atomic mass is 16.4. The van der Waals surface area contributed by atoms with Crippen LogP contribution in [0.15, 0.2) is 22.3 Å². The molecule has 0 aromatic carbocycles. The van der Waals surface area contributed by atoms with Crippen LogP contribution in [0.1, 0.15) is 53.4 Å². The van der Waals surface area contributed by atoms with E-state index in [9.17, 15) is 9.59 Å². The van der Waals surface area contributed by atoms with Gasteiger partial charge in [-0.15, -0.1) is 0 Å². The van der Waals surface area contributed by atoms with E-state index in [0.29, 0.717) is 12.0 Å². The van der Waals surface area contributed by atoms with Crippen LogP contribution in [0.5, 0.6) is 0 Å². The van der Waals surface area contributed by atoms with Gasteiger partial charge in [-0.2, -0.15) is 0 Å². The van der Waals surface area contributed by atoms with Gasteiger partial charge >= 0.3 is 5.97 Å². The summed E-state index contributed by atoms with van der Waals surface area (Å²) in [4.78, 5) is 21.6. The van der Waals surface area contributed by atoms with Crippen molar-refractivity contribution in [2.75, 3.05) is 0 Å². The average molecular weight is 238 g/mol. The number of carboxylic acids is 1. The second-order valence-corrected chi connectivity index (χ2v) is 4.63. The van der Waals surface area contributed by atoms with Crippen LogP contribution < -0.4 is 0 Å². The molecule has 0 saturated carbocycles. The molecule has 0 aromatic rings. The lowest BCUT2D eigenvalue weighted by atomic mass is 10.0. The number of carbonyl (C=O) groups is 2. The number of hydrogen-bond donors (Lipinski definition) is 1. The zero-order chi connectivity index (χ0) is 13.4. The van der Waals surface area contributed by atoms with E-state index in [1.807, 2.05) is 27.7 Å². The van der Waals surface area contributed by atoms with Gasteiger partial charge in [0.15, 0.2) is 0 Å². The van der Waals surface area contributed by atoms with Crippen molar-refractivity contribution >= 4 is 12.3 Å². The Morgan fingerprint density at radius 2 is 1.53 bits per heavy atom. The number of aldehydes is 1. The first-order valence-electron chi connectivity index (χ1n) is 5.91. The number of unbranched alkanes of at least 4 members (excludes halogenated alkanes) is 1. The number of carbonyl (C=O) groups excluding carboxylic acids is 1. The highest BCUT2D eigenvalue weighted by molar-refractivity contribution is 5.87. The third-order valence-electron chi connectivity index (χ3n) is 2.77. The fraction of sp³-hybridized carbons (Fsp3) is 0.571. The molecule has 0 aliphatic rings. The van der Waals surface area contributed by atoms with E-state index in [1.165, 1.54) is 0 Å².